The van der Waals surface area contributed by atoms with Gasteiger partial charge in [0.2, 0.25) is 0 Å². The summed E-state index contributed by atoms with van der Waals surface area (Å²) in [6.07, 6.45) is -0.0983. The van der Waals surface area contributed by atoms with Crippen molar-refractivity contribution in [1.29, 1.82) is 0 Å². The molecule has 0 aliphatic heterocycles. The third kappa shape index (κ3) is 3.24. The van der Waals surface area contributed by atoms with E-state index in [1.165, 1.54) is 0 Å². The van der Waals surface area contributed by atoms with Crippen molar-refractivity contribution in [2.45, 2.75) is 20.0 Å². The summed E-state index contributed by atoms with van der Waals surface area (Å²) in [5, 5.41) is 0. The second kappa shape index (κ2) is 5.51. The number of ether oxygens (including phenoxy) is 2. The van der Waals surface area contributed by atoms with E-state index in [2.05, 4.69) is 0 Å². The van der Waals surface area contributed by atoms with Gasteiger partial charge in [-0.05, 0) is 37.6 Å². The Morgan fingerprint density at radius 3 is 2.75 bits per heavy atom. The summed E-state index contributed by atoms with van der Waals surface area (Å²) >= 11 is 0. The van der Waals surface area contributed by atoms with Crippen LogP contribution < -0.4 is 5.73 Å². The lowest BCUT2D eigenvalue weighted by Crippen LogP contribution is -2.17. The molecule has 2 N–H and O–H groups in total. The number of nitrogen functional groups attached to an aromatic ring is 1. The number of benzene rings is 1. The summed E-state index contributed by atoms with van der Waals surface area (Å²) in [4.78, 5) is 11.6. The Hall–Kier alpha value is -1.55. The predicted octanol–water partition coefficient (Wildman–Crippen LogP) is 1.77. The Morgan fingerprint density at radius 1 is 1.50 bits per heavy atom. The molecule has 4 nitrogen and oxygen atoms in total. The average molecular weight is 223 g/mol. The zero-order chi connectivity index (χ0) is 12.1. The van der Waals surface area contributed by atoms with Gasteiger partial charge in [0, 0.05) is 12.8 Å². The molecule has 0 amide bonds. The molecule has 0 aliphatic carbocycles. The van der Waals surface area contributed by atoms with E-state index in [1.54, 1.807) is 25.3 Å². The summed E-state index contributed by atoms with van der Waals surface area (Å²) in [7, 11) is 1.58. The van der Waals surface area contributed by atoms with Gasteiger partial charge in [-0.2, -0.15) is 0 Å². The summed E-state index contributed by atoms with van der Waals surface area (Å²) in [6, 6.07) is 5.07. The van der Waals surface area contributed by atoms with Gasteiger partial charge in [-0.25, -0.2) is 4.79 Å². The highest BCUT2D eigenvalue weighted by Crippen LogP contribution is 2.13. The van der Waals surface area contributed by atoms with Gasteiger partial charge in [-0.15, -0.1) is 0 Å². The van der Waals surface area contributed by atoms with Gasteiger partial charge in [-0.3, -0.25) is 0 Å². The maximum Gasteiger partial charge on any atom is 0.338 e. The van der Waals surface area contributed by atoms with E-state index in [0.717, 1.165) is 5.56 Å². The van der Waals surface area contributed by atoms with Gasteiger partial charge in [-0.1, -0.05) is 0 Å². The minimum absolute atomic E-state index is 0.0983. The van der Waals surface area contributed by atoms with Gasteiger partial charge >= 0.3 is 5.97 Å². The SMILES string of the molecule is COC(C)COC(=O)c1ccc(N)c(C)c1. The molecule has 1 aromatic carbocycles. The van der Waals surface area contributed by atoms with Gasteiger partial charge in [0.15, 0.2) is 0 Å². The third-order valence-corrected chi connectivity index (χ3v) is 2.36. The van der Waals surface area contributed by atoms with Crippen LogP contribution in [0.5, 0.6) is 0 Å². The quantitative estimate of drug-likeness (QED) is 0.624. The second-order valence-electron chi connectivity index (χ2n) is 3.72. The number of carbonyl (C=O) groups is 1. The normalized spacial score (nSPS) is 12.2. The van der Waals surface area contributed by atoms with Crippen LogP contribution in [0.25, 0.3) is 0 Å². The third-order valence-electron chi connectivity index (χ3n) is 2.36. The molecule has 88 valence electrons. The molecule has 0 spiro atoms. The minimum Gasteiger partial charge on any atom is -0.459 e. The van der Waals surface area contributed by atoms with Crippen molar-refractivity contribution in [2.24, 2.45) is 0 Å². The maximum absolute atomic E-state index is 11.6. The van der Waals surface area contributed by atoms with E-state index in [9.17, 15) is 4.79 Å². The van der Waals surface area contributed by atoms with E-state index < -0.39 is 0 Å². The fourth-order valence-corrected chi connectivity index (χ4v) is 1.15. The maximum atomic E-state index is 11.6. The monoisotopic (exact) mass is 223 g/mol. The van der Waals surface area contributed by atoms with Crippen LogP contribution >= 0.6 is 0 Å². The molecule has 0 radical (unpaired) electrons. The molecular formula is C12H17NO3. The van der Waals surface area contributed by atoms with Crippen molar-refractivity contribution in [3.8, 4) is 0 Å². The first-order chi connectivity index (χ1) is 7.54. The Bertz CT molecular complexity index is 377. The second-order valence-corrected chi connectivity index (χ2v) is 3.72. The van der Waals surface area contributed by atoms with Gasteiger partial charge in [0.05, 0.1) is 11.7 Å². The summed E-state index contributed by atoms with van der Waals surface area (Å²) in [6.45, 7) is 3.93. The fourth-order valence-electron chi connectivity index (χ4n) is 1.15. The van der Waals surface area contributed by atoms with Gasteiger partial charge in [0.1, 0.15) is 6.61 Å². The first-order valence-corrected chi connectivity index (χ1v) is 5.10. The molecule has 0 aromatic heterocycles. The van der Waals surface area contributed by atoms with Crippen LogP contribution in [0.4, 0.5) is 5.69 Å². The lowest BCUT2D eigenvalue weighted by Gasteiger charge is -2.10. The molecule has 1 atom stereocenters. The van der Waals surface area contributed by atoms with Crippen LogP contribution in [0.2, 0.25) is 0 Å². The molecule has 0 saturated carbocycles. The van der Waals surface area contributed by atoms with Crippen LogP contribution in [0.15, 0.2) is 18.2 Å². The Balaban J connectivity index is 2.63. The zero-order valence-electron chi connectivity index (χ0n) is 9.82. The number of nitrogens with two attached hydrogens (primary N) is 1. The van der Waals surface area contributed by atoms with Gasteiger partial charge < -0.3 is 15.2 Å². The minimum atomic E-state index is -0.355. The number of anilines is 1. The molecule has 4 heteroatoms. The van der Waals surface area contributed by atoms with Crippen molar-refractivity contribution in [1.82, 2.24) is 0 Å². The number of aryl methyl sites for hydroxylation is 1. The first kappa shape index (κ1) is 12.5. The Labute approximate surface area is 95.3 Å². The van der Waals surface area contributed by atoms with Crippen LogP contribution in [0, 0.1) is 6.92 Å². The van der Waals surface area contributed by atoms with Crippen LogP contribution in [-0.4, -0.2) is 25.8 Å². The molecule has 0 saturated heterocycles. The number of esters is 1. The number of carbonyl (C=O) groups excluding carboxylic acids is 1. The van der Waals surface area contributed by atoms with Crippen molar-refractivity contribution < 1.29 is 14.3 Å². The van der Waals surface area contributed by atoms with E-state index in [-0.39, 0.29) is 18.7 Å². The van der Waals surface area contributed by atoms with Crippen molar-refractivity contribution in [3.63, 3.8) is 0 Å². The molecule has 1 rings (SSSR count). The van der Waals surface area contributed by atoms with Crippen LogP contribution in [0.1, 0.15) is 22.8 Å². The molecule has 0 bridgehead atoms. The number of rotatable bonds is 4. The summed E-state index contributed by atoms with van der Waals surface area (Å²) in [5.41, 5.74) is 7.71. The molecule has 1 unspecified atom stereocenters. The van der Waals surface area contributed by atoms with Crippen LogP contribution in [-0.2, 0) is 9.47 Å². The van der Waals surface area contributed by atoms with E-state index in [4.69, 9.17) is 15.2 Å². The zero-order valence-corrected chi connectivity index (χ0v) is 9.82. The molecular weight excluding hydrogens is 206 g/mol. The number of hydrogen-bond donors (Lipinski definition) is 1. The van der Waals surface area contributed by atoms with Crippen LogP contribution in [0.3, 0.4) is 0 Å². The number of hydrogen-bond acceptors (Lipinski definition) is 4. The van der Waals surface area contributed by atoms with E-state index >= 15 is 0 Å². The highest BCUT2D eigenvalue weighted by Gasteiger charge is 2.10. The average Bonchev–Trinajstić information content (AvgIpc) is 2.29. The molecule has 1 aromatic rings. The first-order valence-electron chi connectivity index (χ1n) is 5.10. The molecule has 16 heavy (non-hydrogen) atoms. The smallest absolute Gasteiger partial charge is 0.338 e. The molecule has 0 aliphatic rings. The Morgan fingerprint density at radius 2 is 2.19 bits per heavy atom. The van der Waals surface area contributed by atoms with E-state index in [0.29, 0.717) is 11.3 Å². The fraction of sp³-hybridized carbons (Fsp3) is 0.417. The highest BCUT2D eigenvalue weighted by atomic mass is 16.6. The molecule has 0 heterocycles. The van der Waals surface area contributed by atoms with E-state index in [1.807, 2.05) is 13.8 Å². The van der Waals surface area contributed by atoms with Crippen molar-refractivity contribution >= 4 is 11.7 Å². The lowest BCUT2D eigenvalue weighted by molar-refractivity contribution is 0.0169. The standard InChI is InChI=1S/C12H17NO3/c1-8-6-10(4-5-11(8)13)12(14)16-7-9(2)15-3/h4-6,9H,7,13H2,1-3H3. The summed E-state index contributed by atoms with van der Waals surface area (Å²) in [5.74, 6) is -0.355. The summed E-state index contributed by atoms with van der Waals surface area (Å²) < 4.78 is 10.1. The van der Waals surface area contributed by atoms with Gasteiger partial charge in [0.25, 0.3) is 0 Å². The van der Waals surface area contributed by atoms with Crippen molar-refractivity contribution in [3.05, 3.63) is 29.3 Å². The Kier molecular flexibility index (Phi) is 4.31. The lowest BCUT2D eigenvalue weighted by atomic mass is 10.1. The largest absolute Gasteiger partial charge is 0.459 e. The number of methoxy groups -OCH3 is 1. The predicted molar refractivity (Wildman–Crippen MR) is 62.3 cm³/mol. The molecule has 0 fully saturated rings. The van der Waals surface area contributed by atoms with Crippen molar-refractivity contribution in [2.75, 3.05) is 19.5 Å². The topological polar surface area (TPSA) is 61.5 Å². The highest BCUT2D eigenvalue weighted by molar-refractivity contribution is 5.90.